The number of nitrogens with zero attached hydrogens (tertiary/aromatic N) is 3. The van der Waals surface area contributed by atoms with E-state index in [0.717, 1.165) is 0 Å². The van der Waals surface area contributed by atoms with Crippen molar-refractivity contribution in [3.05, 3.63) is 35.7 Å². The first-order chi connectivity index (χ1) is 7.31. The van der Waals surface area contributed by atoms with Gasteiger partial charge in [-0.3, -0.25) is 4.98 Å². The Labute approximate surface area is 91.9 Å². The SMILES string of the molecule is COc1nccnc1-c1cc(Cl)ccn1. The number of pyridine rings is 1. The van der Waals surface area contributed by atoms with Gasteiger partial charge in [0.25, 0.3) is 0 Å². The van der Waals surface area contributed by atoms with Crippen molar-refractivity contribution in [2.45, 2.75) is 0 Å². The molecule has 0 aliphatic heterocycles. The van der Waals surface area contributed by atoms with Gasteiger partial charge >= 0.3 is 0 Å². The Balaban J connectivity index is 2.53. The maximum Gasteiger partial charge on any atom is 0.241 e. The molecule has 5 heteroatoms. The molecule has 0 N–H and O–H groups in total. The van der Waals surface area contributed by atoms with Gasteiger partial charge in [0.05, 0.1) is 12.8 Å². The Morgan fingerprint density at radius 2 is 1.93 bits per heavy atom. The molecule has 2 aromatic heterocycles. The van der Waals surface area contributed by atoms with Crippen molar-refractivity contribution in [3.63, 3.8) is 0 Å². The number of methoxy groups -OCH3 is 1. The molecular weight excluding hydrogens is 214 g/mol. The first-order valence-electron chi connectivity index (χ1n) is 4.28. The molecule has 4 nitrogen and oxygen atoms in total. The Morgan fingerprint density at radius 3 is 2.67 bits per heavy atom. The second kappa shape index (κ2) is 4.23. The third-order valence-corrected chi connectivity index (χ3v) is 2.06. The van der Waals surface area contributed by atoms with Crippen LogP contribution in [0.15, 0.2) is 30.7 Å². The van der Waals surface area contributed by atoms with Crippen molar-refractivity contribution in [3.8, 4) is 17.3 Å². The summed E-state index contributed by atoms with van der Waals surface area (Å²) in [5, 5.41) is 0.604. The van der Waals surface area contributed by atoms with Crippen molar-refractivity contribution in [1.29, 1.82) is 0 Å². The van der Waals surface area contributed by atoms with E-state index in [2.05, 4.69) is 15.0 Å². The van der Waals surface area contributed by atoms with Gasteiger partial charge < -0.3 is 4.74 Å². The van der Waals surface area contributed by atoms with Crippen molar-refractivity contribution in [2.75, 3.05) is 7.11 Å². The van der Waals surface area contributed by atoms with E-state index in [-0.39, 0.29) is 0 Å². The van der Waals surface area contributed by atoms with Crippen LogP contribution in [0.5, 0.6) is 5.88 Å². The van der Waals surface area contributed by atoms with Gasteiger partial charge in [-0.25, -0.2) is 9.97 Å². The molecule has 0 amide bonds. The van der Waals surface area contributed by atoms with Gasteiger partial charge in [-0.2, -0.15) is 0 Å². The summed E-state index contributed by atoms with van der Waals surface area (Å²) < 4.78 is 5.08. The summed E-state index contributed by atoms with van der Waals surface area (Å²) in [6.45, 7) is 0. The fourth-order valence-electron chi connectivity index (χ4n) is 1.18. The van der Waals surface area contributed by atoms with Gasteiger partial charge in [-0.1, -0.05) is 11.6 Å². The van der Waals surface area contributed by atoms with Crippen LogP contribution in [0, 0.1) is 0 Å². The third-order valence-electron chi connectivity index (χ3n) is 1.82. The molecule has 0 atom stereocenters. The zero-order chi connectivity index (χ0) is 10.7. The predicted octanol–water partition coefficient (Wildman–Crippen LogP) is 2.20. The van der Waals surface area contributed by atoms with Gasteiger partial charge in [-0.15, -0.1) is 0 Å². The highest BCUT2D eigenvalue weighted by molar-refractivity contribution is 6.30. The zero-order valence-electron chi connectivity index (χ0n) is 8.01. The first kappa shape index (κ1) is 9.86. The average Bonchev–Trinajstić information content (AvgIpc) is 2.29. The van der Waals surface area contributed by atoms with Crippen LogP contribution in [0.4, 0.5) is 0 Å². The number of aromatic nitrogens is 3. The van der Waals surface area contributed by atoms with Crippen molar-refractivity contribution >= 4 is 11.6 Å². The second-order valence-electron chi connectivity index (χ2n) is 2.77. The minimum absolute atomic E-state index is 0.437. The van der Waals surface area contributed by atoms with Crippen LogP contribution >= 0.6 is 11.6 Å². The van der Waals surface area contributed by atoms with Crippen LogP contribution in [0.2, 0.25) is 5.02 Å². The Hall–Kier alpha value is -1.68. The molecule has 2 rings (SSSR count). The summed E-state index contributed by atoms with van der Waals surface area (Å²) in [6, 6.07) is 3.42. The standard InChI is InChI=1S/C10H8ClN3O/c1-15-10-9(13-4-5-14-10)8-6-7(11)2-3-12-8/h2-6H,1H3. The Morgan fingerprint density at radius 1 is 1.13 bits per heavy atom. The van der Waals surface area contributed by atoms with E-state index in [1.54, 1.807) is 30.7 Å². The monoisotopic (exact) mass is 221 g/mol. The summed E-state index contributed by atoms with van der Waals surface area (Å²) in [5.74, 6) is 0.437. The summed E-state index contributed by atoms with van der Waals surface area (Å²) in [4.78, 5) is 12.3. The van der Waals surface area contributed by atoms with Gasteiger partial charge in [0.2, 0.25) is 5.88 Å². The van der Waals surface area contributed by atoms with Crippen LogP contribution in [-0.2, 0) is 0 Å². The van der Waals surface area contributed by atoms with E-state index in [1.165, 1.54) is 7.11 Å². The van der Waals surface area contributed by atoms with Crippen molar-refractivity contribution in [2.24, 2.45) is 0 Å². The molecule has 0 saturated heterocycles. The topological polar surface area (TPSA) is 47.9 Å². The summed E-state index contributed by atoms with van der Waals surface area (Å²) in [7, 11) is 1.54. The molecule has 15 heavy (non-hydrogen) atoms. The lowest BCUT2D eigenvalue weighted by Crippen LogP contribution is -1.95. The maximum absolute atomic E-state index is 5.86. The van der Waals surface area contributed by atoms with Gasteiger partial charge in [0, 0.05) is 23.6 Å². The predicted molar refractivity (Wildman–Crippen MR) is 56.8 cm³/mol. The fraction of sp³-hybridized carbons (Fsp3) is 0.100. The van der Waals surface area contributed by atoms with E-state index in [4.69, 9.17) is 16.3 Å². The number of hydrogen-bond donors (Lipinski definition) is 0. The normalized spacial score (nSPS) is 10.0. The highest BCUT2D eigenvalue weighted by atomic mass is 35.5. The molecule has 0 aliphatic rings. The van der Waals surface area contributed by atoms with Crippen molar-refractivity contribution in [1.82, 2.24) is 15.0 Å². The highest BCUT2D eigenvalue weighted by Crippen LogP contribution is 2.24. The lowest BCUT2D eigenvalue weighted by atomic mass is 10.3. The number of rotatable bonds is 2. The molecule has 0 bridgehead atoms. The lowest BCUT2D eigenvalue weighted by molar-refractivity contribution is 0.397. The maximum atomic E-state index is 5.86. The summed E-state index contributed by atoms with van der Waals surface area (Å²) in [5.41, 5.74) is 1.23. The first-order valence-corrected chi connectivity index (χ1v) is 4.66. The Bertz CT molecular complexity index is 476. The second-order valence-corrected chi connectivity index (χ2v) is 3.21. The molecule has 0 fully saturated rings. The van der Waals surface area contributed by atoms with E-state index in [1.807, 2.05) is 0 Å². The average molecular weight is 222 g/mol. The van der Waals surface area contributed by atoms with Crippen LogP contribution in [0.1, 0.15) is 0 Å². The minimum Gasteiger partial charge on any atom is -0.479 e. The molecule has 0 unspecified atom stereocenters. The zero-order valence-corrected chi connectivity index (χ0v) is 8.77. The van der Waals surface area contributed by atoms with Crippen molar-refractivity contribution < 1.29 is 4.74 Å². The van der Waals surface area contributed by atoms with Gasteiger partial charge in [0.1, 0.15) is 0 Å². The van der Waals surface area contributed by atoms with Gasteiger partial charge in [-0.05, 0) is 12.1 Å². The molecule has 0 radical (unpaired) electrons. The molecular formula is C10H8ClN3O. The molecule has 0 aromatic carbocycles. The Kier molecular flexibility index (Phi) is 2.78. The molecule has 0 aliphatic carbocycles. The molecule has 2 aromatic rings. The molecule has 2 heterocycles. The van der Waals surface area contributed by atoms with E-state index in [0.29, 0.717) is 22.3 Å². The fourth-order valence-corrected chi connectivity index (χ4v) is 1.34. The van der Waals surface area contributed by atoms with Gasteiger partial charge in [0.15, 0.2) is 5.69 Å². The smallest absolute Gasteiger partial charge is 0.241 e. The lowest BCUT2D eigenvalue weighted by Gasteiger charge is -2.04. The van der Waals surface area contributed by atoms with E-state index < -0.39 is 0 Å². The number of ether oxygens (including phenoxy) is 1. The quantitative estimate of drug-likeness (QED) is 0.780. The van der Waals surface area contributed by atoms with Crippen LogP contribution in [0.25, 0.3) is 11.4 Å². The summed E-state index contributed by atoms with van der Waals surface area (Å²) >= 11 is 5.86. The number of halogens is 1. The highest BCUT2D eigenvalue weighted by Gasteiger charge is 2.09. The largest absolute Gasteiger partial charge is 0.479 e. The van der Waals surface area contributed by atoms with Crippen LogP contribution in [-0.4, -0.2) is 22.1 Å². The number of hydrogen-bond acceptors (Lipinski definition) is 4. The van der Waals surface area contributed by atoms with Crippen LogP contribution < -0.4 is 4.74 Å². The molecule has 0 saturated carbocycles. The van der Waals surface area contributed by atoms with E-state index in [9.17, 15) is 0 Å². The third kappa shape index (κ3) is 2.05. The van der Waals surface area contributed by atoms with Crippen LogP contribution in [0.3, 0.4) is 0 Å². The summed E-state index contributed by atoms with van der Waals surface area (Å²) in [6.07, 6.45) is 4.76. The van der Waals surface area contributed by atoms with E-state index >= 15 is 0 Å². The molecule has 0 spiro atoms. The molecule has 76 valence electrons. The minimum atomic E-state index is 0.437.